The maximum absolute atomic E-state index is 8.83. The zero-order valence-electron chi connectivity index (χ0n) is 13.5. The van der Waals surface area contributed by atoms with E-state index in [0.29, 0.717) is 6.04 Å². The van der Waals surface area contributed by atoms with Crippen LogP contribution < -0.4 is 10.1 Å². The second kappa shape index (κ2) is 7.78. The zero-order chi connectivity index (χ0) is 15.2. The number of aliphatic hydroxyl groups excluding tert-OH is 1. The summed E-state index contributed by atoms with van der Waals surface area (Å²) in [5.41, 5.74) is 4.06. The zero-order valence-corrected chi connectivity index (χ0v) is 13.5. The van der Waals surface area contributed by atoms with Crippen LogP contribution >= 0.6 is 0 Å². The average molecular weight is 292 g/mol. The molecule has 0 bridgehead atoms. The second-order valence-corrected chi connectivity index (χ2v) is 5.87. The summed E-state index contributed by atoms with van der Waals surface area (Å²) in [6.45, 7) is 5.12. The van der Waals surface area contributed by atoms with Gasteiger partial charge in [0.2, 0.25) is 0 Å². The van der Waals surface area contributed by atoms with Crippen molar-refractivity contribution in [3.8, 4) is 5.75 Å². The number of likely N-dealkylation sites (N-methyl/N-ethyl adjacent to an activating group) is 1. The number of hydrogen-bond acceptors (Lipinski definition) is 4. The molecule has 0 fully saturated rings. The number of ether oxygens (including phenoxy) is 1. The van der Waals surface area contributed by atoms with E-state index in [1.54, 1.807) is 7.11 Å². The van der Waals surface area contributed by atoms with Crippen molar-refractivity contribution in [1.29, 1.82) is 0 Å². The van der Waals surface area contributed by atoms with Gasteiger partial charge in [0.05, 0.1) is 7.11 Å². The van der Waals surface area contributed by atoms with Gasteiger partial charge < -0.3 is 15.2 Å². The minimum absolute atomic E-state index is 0.235. The Kier molecular flexibility index (Phi) is 6.03. The molecule has 0 saturated heterocycles. The number of benzene rings is 1. The number of nitrogens with one attached hydrogen (secondary N) is 1. The first-order valence-electron chi connectivity index (χ1n) is 7.90. The van der Waals surface area contributed by atoms with Gasteiger partial charge in [-0.2, -0.15) is 0 Å². The lowest BCUT2D eigenvalue weighted by Crippen LogP contribution is -2.37. The van der Waals surface area contributed by atoms with Crippen molar-refractivity contribution in [1.82, 2.24) is 10.2 Å². The van der Waals surface area contributed by atoms with Gasteiger partial charge in [-0.05, 0) is 50.0 Å². The number of fused-ring (bicyclic) bond motifs is 1. The highest BCUT2D eigenvalue weighted by Crippen LogP contribution is 2.30. The Balaban J connectivity index is 2.15. The Morgan fingerprint density at radius 1 is 1.38 bits per heavy atom. The van der Waals surface area contributed by atoms with Gasteiger partial charge in [0.15, 0.2) is 0 Å². The van der Waals surface area contributed by atoms with Crippen LogP contribution in [-0.2, 0) is 19.5 Å². The summed E-state index contributed by atoms with van der Waals surface area (Å²) in [6.07, 6.45) is 3.10. The highest BCUT2D eigenvalue weighted by atomic mass is 16.5. The molecule has 1 aliphatic rings. The molecule has 0 spiro atoms. The van der Waals surface area contributed by atoms with Crippen molar-refractivity contribution in [2.24, 2.45) is 0 Å². The molecule has 21 heavy (non-hydrogen) atoms. The fourth-order valence-electron chi connectivity index (χ4n) is 3.07. The standard InChI is InChI=1S/C17H28N2O2/c1-4-16-9-13-8-14(11-18-6-5-7-20)17(21-3)10-15(13)12-19(16)2/h8,10,16,18,20H,4-7,9,11-12H2,1-3H3. The van der Waals surface area contributed by atoms with Crippen LogP contribution in [0.3, 0.4) is 0 Å². The van der Waals surface area contributed by atoms with Crippen LogP contribution in [-0.4, -0.2) is 43.4 Å². The quantitative estimate of drug-likeness (QED) is 0.754. The summed E-state index contributed by atoms with van der Waals surface area (Å²) in [6, 6.07) is 5.14. The summed E-state index contributed by atoms with van der Waals surface area (Å²) in [5.74, 6) is 0.966. The van der Waals surface area contributed by atoms with Crippen LogP contribution in [0.15, 0.2) is 12.1 Å². The smallest absolute Gasteiger partial charge is 0.123 e. The molecule has 1 unspecified atom stereocenters. The lowest BCUT2D eigenvalue weighted by atomic mass is 9.91. The summed E-state index contributed by atoms with van der Waals surface area (Å²) in [7, 11) is 3.94. The molecule has 1 aromatic carbocycles. The van der Waals surface area contributed by atoms with E-state index < -0.39 is 0 Å². The fourth-order valence-corrected chi connectivity index (χ4v) is 3.07. The number of rotatable bonds is 7. The molecule has 4 heteroatoms. The molecule has 0 amide bonds. The number of nitrogens with zero attached hydrogens (tertiary/aromatic N) is 1. The molecule has 0 saturated carbocycles. The van der Waals surface area contributed by atoms with Crippen LogP contribution in [0.5, 0.6) is 5.75 Å². The third-order valence-corrected chi connectivity index (χ3v) is 4.40. The first kappa shape index (κ1) is 16.3. The highest BCUT2D eigenvalue weighted by Gasteiger charge is 2.23. The van der Waals surface area contributed by atoms with Crippen molar-refractivity contribution in [2.75, 3.05) is 27.3 Å². The topological polar surface area (TPSA) is 44.7 Å². The summed E-state index contributed by atoms with van der Waals surface area (Å²) in [5, 5.41) is 12.2. The van der Waals surface area contributed by atoms with E-state index in [2.05, 4.69) is 36.3 Å². The predicted molar refractivity (Wildman–Crippen MR) is 85.7 cm³/mol. The maximum Gasteiger partial charge on any atom is 0.123 e. The van der Waals surface area contributed by atoms with Crippen LogP contribution in [0.25, 0.3) is 0 Å². The average Bonchev–Trinajstić information content (AvgIpc) is 2.50. The maximum atomic E-state index is 8.83. The van der Waals surface area contributed by atoms with Crippen molar-refractivity contribution in [3.63, 3.8) is 0 Å². The minimum atomic E-state index is 0.235. The third-order valence-electron chi connectivity index (χ3n) is 4.40. The van der Waals surface area contributed by atoms with E-state index in [1.807, 2.05) is 0 Å². The van der Waals surface area contributed by atoms with Gasteiger partial charge in [-0.15, -0.1) is 0 Å². The van der Waals surface area contributed by atoms with Crippen LogP contribution in [0.4, 0.5) is 0 Å². The van der Waals surface area contributed by atoms with E-state index in [4.69, 9.17) is 9.84 Å². The molecule has 1 aliphatic heterocycles. The second-order valence-electron chi connectivity index (χ2n) is 5.87. The highest BCUT2D eigenvalue weighted by molar-refractivity contribution is 5.44. The van der Waals surface area contributed by atoms with E-state index >= 15 is 0 Å². The first-order chi connectivity index (χ1) is 10.2. The van der Waals surface area contributed by atoms with Crippen molar-refractivity contribution in [3.05, 3.63) is 28.8 Å². The molecular weight excluding hydrogens is 264 g/mol. The Morgan fingerprint density at radius 3 is 2.86 bits per heavy atom. The minimum Gasteiger partial charge on any atom is -0.496 e. The molecule has 1 heterocycles. The normalized spacial score (nSPS) is 18.6. The number of hydrogen-bond donors (Lipinski definition) is 2. The Hall–Kier alpha value is -1.10. The molecule has 0 radical (unpaired) electrons. The van der Waals surface area contributed by atoms with Gasteiger partial charge >= 0.3 is 0 Å². The Morgan fingerprint density at radius 2 is 2.19 bits per heavy atom. The Bertz CT molecular complexity index is 462. The van der Waals surface area contributed by atoms with E-state index in [1.165, 1.54) is 23.1 Å². The molecule has 0 aromatic heterocycles. The molecule has 1 atom stereocenters. The molecule has 2 rings (SSSR count). The van der Waals surface area contributed by atoms with E-state index in [-0.39, 0.29) is 6.61 Å². The molecular formula is C17H28N2O2. The van der Waals surface area contributed by atoms with Crippen molar-refractivity contribution < 1.29 is 9.84 Å². The van der Waals surface area contributed by atoms with E-state index in [9.17, 15) is 0 Å². The number of aliphatic hydroxyl groups is 1. The summed E-state index contributed by atoms with van der Waals surface area (Å²) < 4.78 is 5.55. The summed E-state index contributed by atoms with van der Waals surface area (Å²) in [4.78, 5) is 2.43. The Labute approximate surface area is 128 Å². The largest absolute Gasteiger partial charge is 0.496 e. The first-order valence-corrected chi connectivity index (χ1v) is 7.90. The lowest BCUT2D eigenvalue weighted by molar-refractivity contribution is 0.209. The summed E-state index contributed by atoms with van der Waals surface area (Å²) >= 11 is 0. The molecule has 0 aliphatic carbocycles. The molecule has 118 valence electrons. The van der Waals surface area contributed by atoms with Gasteiger partial charge in [-0.3, -0.25) is 4.90 Å². The van der Waals surface area contributed by atoms with Gasteiger partial charge in [0.25, 0.3) is 0 Å². The predicted octanol–water partition coefficient (Wildman–Crippen LogP) is 1.93. The van der Waals surface area contributed by atoms with Crippen LogP contribution in [0, 0.1) is 0 Å². The fraction of sp³-hybridized carbons (Fsp3) is 0.647. The molecule has 2 N–H and O–H groups in total. The SMILES string of the molecule is CCC1Cc2cc(CNCCCO)c(OC)cc2CN1C. The van der Waals surface area contributed by atoms with Gasteiger partial charge in [0, 0.05) is 31.3 Å². The van der Waals surface area contributed by atoms with Gasteiger partial charge in [0.1, 0.15) is 5.75 Å². The van der Waals surface area contributed by atoms with Crippen molar-refractivity contribution in [2.45, 2.75) is 45.3 Å². The van der Waals surface area contributed by atoms with Crippen molar-refractivity contribution >= 4 is 0 Å². The molecule has 4 nitrogen and oxygen atoms in total. The van der Waals surface area contributed by atoms with E-state index in [0.717, 1.165) is 38.2 Å². The van der Waals surface area contributed by atoms with Crippen LogP contribution in [0.2, 0.25) is 0 Å². The van der Waals surface area contributed by atoms with Gasteiger partial charge in [-0.1, -0.05) is 13.0 Å². The van der Waals surface area contributed by atoms with Gasteiger partial charge in [-0.25, -0.2) is 0 Å². The number of methoxy groups -OCH3 is 1. The molecule has 1 aromatic rings. The van der Waals surface area contributed by atoms with Crippen LogP contribution in [0.1, 0.15) is 36.5 Å². The monoisotopic (exact) mass is 292 g/mol. The third kappa shape index (κ3) is 3.96. The lowest BCUT2D eigenvalue weighted by Gasteiger charge is -2.34.